The highest BCUT2D eigenvalue weighted by atomic mass is 32.1. The second-order valence-electron chi connectivity index (χ2n) is 5.79. The number of nitrogens with one attached hydrogen (secondary N) is 1. The Morgan fingerprint density at radius 2 is 2.47 bits per heavy atom. The van der Waals surface area contributed by atoms with Crippen LogP contribution in [0.3, 0.4) is 0 Å². The number of rotatable bonds is 4. The smallest absolute Gasteiger partial charge is 0.0809 e. The molecular formula is C15H20N2OS. The standard InChI is InChI=1S/C15H20N2OS/c1-15(10-18)5-2-3-14(15)17-9-11-7-13-12(16-8-11)4-6-19-13/h4,6-8,14,17-18H,2-3,5,9-10H2,1H3. The van der Waals surface area contributed by atoms with Crippen molar-refractivity contribution in [3.8, 4) is 0 Å². The van der Waals surface area contributed by atoms with Crippen molar-refractivity contribution in [1.82, 2.24) is 10.3 Å². The Balaban J connectivity index is 1.68. The van der Waals surface area contributed by atoms with E-state index in [-0.39, 0.29) is 12.0 Å². The third kappa shape index (κ3) is 2.53. The minimum atomic E-state index is 0.0421. The molecule has 2 heterocycles. The van der Waals surface area contributed by atoms with E-state index < -0.39 is 0 Å². The quantitative estimate of drug-likeness (QED) is 0.902. The number of fused-ring (bicyclic) bond motifs is 1. The summed E-state index contributed by atoms with van der Waals surface area (Å²) in [5, 5.41) is 15.2. The van der Waals surface area contributed by atoms with E-state index in [1.807, 2.05) is 6.20 Å². The maximum atomic E-state index is 9.56. The molecule has 0 spiro atoms. The van der Waals surface area contributed by atoms with Gasteiger partial charge in [0.05, 0.1) is 10.2 Å². The number of aromatic nitrogens is 1. The zero-order valence-electron chi connectivity index (χ0n) is 11.2. The van der Waals surface area contributed by atoms with Crippen LogP contribution >= 0.6 is 11.3 Å². The number of hydrogen-bond acceptors (Lipinski definition) is 4. The van der Waals surface area contributed by atoms with Gasteiger partial charge in [-0.05, 0) is 35.9 Å². The van der Waals surface area contributed by atoms with E-state index >= 15 is 0 Å². The van der Waals surface area contributed by atoms with Gasteiger partial charge in [-0.15, -0.1) is 11.3 Å². The molecule has 2 aromatic heterocycles. The van der Waals surface area contributed by atoms with Gasteiger partial charge >= 0.3 is 0 Å². The van der Waals surface area contributed by atoms with Crippen molar-refractivity contribution in [3.63, 3.8) is 0 Å². The van der Waals surface area contributed by atoms with Crippen LogP contribution in [-0.2, 0) is 6.54 Å². The van der Waals surface area contributed by atoms with Gasteiger partial charge in [0.25, 0.3) is 0 Å². The predicted octanol–water partition coefficient (Wildman–Crippen LogP) is 2.94. The van der Waals surface area contributed by atoms with E-state index in [9.17, 15) is 5.11 Å². The Labute approximate surface area is 117 Å². The Bertz CT molecular complexity index is 568. The summed E-state index contributed by atoms with van der Waals surface area (Å²) in [5.74, 6) is 0. The second kappa shape index (κ2) is 5.19. The lowest BCUT2D eigenvalue weighted by Crippen LogP contribution is -2.41. The van der Waals surface area contributed by atoms with E-state index in [1.165, 1.54) is 16.7 Å². The first-order chi connectivity index (χ1) is 9.21. The number of aliphatic hydroxyl groups is 1. The van der Waals surface area contributed by atoms with Gasteiger partial charge in [-0.25, -0.2) is 0 Å². The van der Waals surface area contributed by atoms with E-state index in [4.69, 9.17) is 0 Å². The van der Waals surface area contributed by atoms with Crippen molar-refractivity contribution >= 4 is 21.6 Å². The Morgan fingerprint density at radius 3 is 3.32 bits per heavy atom. The molecular weight excluding hydrogens is 256 g/mol. The van der Waals surface area contributed by atoms with Crippen LogP contribution in [-0.4, -0.2) is 22.7 Å². The van der Waals surface area contributed by atoms with Crippen LogP contribution in [0.4, 0.5) is 0 Å². The van der Waals surface area contributed by atoms with Crippen LogP contribution < -0.4 is 5.32 Å². The summed E-state index contributed by atoms with van der Waals surface area (Å²) >= 11 is 1.73. The van der Waals surface area contributed by atoms with Crippen molar-refractivity contribution in [1.29, 1.82) is 0 Å². The van der Waals surface area contributed by atoms with Crippen LogP contribution in [0.15, 0.2) is 23.7 Å². The molecule has 0 bridgehead atoms. The molecule has 0 aliphatic heterocycles. The van der Waals surface area contributed by atoms with Crippen molar-refractivity contribution in [2.75, 3.05) is 6.61 Å². The van der Waals surface area contributed by atoms with Gasteiger partial charge in [0.15, 0.2) is 0 Å². The van der Waals surface area contributed by atoms with Gasteiger partial charge in [-0.1, -0.05) is 13.3 Å². The van der Waals surface area contributed by atoms with E-state index in [0.29, 0.717) is 6.04 Å². The van der Waals surface area contributed by atoms with Crippen molar-refractivity contribution in [2.45, 2.75) is 38.8 Å². The largest absolute Gasteiger partial charge is 0.396 e. The van der Waals surface area contributed by atoms with Gasteiger partial charge < -0.3 is 10.4 Å². The van der Waals surface area contributed by atoms with Gasteiger partial charge in [0.2, 0.25) is 0 Å². The zero-order chi connectivity index (χ0) is 13.3. The highest BCUT2D eigenvalue weighted by molar-refractivity contribution is 7.17. The minimum absolute atomic E-state index is 0.0421. The van der Waals surface area contributed by atoms with Gasteiger partial charge in [-0.3, -0.25) is 4.98 Å². The molecule has 1 aliphatic carbocycles. The summed E-state index contributed by atoms with van der Waals surface area (Å²) in [6, 6.07) is 4.68. The first kappa shape index (κ1) is 13.0. The van der Waals surface area contributed by atoms with Crippen LogP contribution in [0.5, 0.6) is 0 Å². The second-order valence-corrected chi connectivity index (χ2v) is 6.73. The summed E-state index contributed by atoms with van der Waals surface area (Å²) in [7, 11) is 0. The van der Waals surface area contributed by atoms with Crippen LogP contribution in [0.1, 0.15) is 31.7 Å². The molecule has 1 aliphatic rings. The molecule has 3 rings (SSSR count). The fourth-order valence-electron chi connectivity index (χ4n) is 3.00. The summed E-state index contributed by atoms with van der Waals surface area (Å²) in [4.78, 5) is 4.46. The Morgan fingerprint density at radius 1 is 1.58 bits per heavy atom. The first-order valence-corrected chi connectivity index (χ1v) is 7.76. The molecule has 2 aromatic rings. The highest BCUT2D eigenvalue weighted by Gasteiger charge is 2.37. The molecule has 0 radical (unpaired) electrons. The molecule has 19 heavy (non-hydrogen) atoms. The Hall–Kier alpha value is -0.970. The first-order valence-electron chi connectivity index (χ1n) is 6.88. The van der Waals surface area contributed by atoms with E-state index in [2.05, 4.69) is 34.7 Å². The average Bonchev–Trinajstić information content (AvgIpc) is 3.03. The normalized spacial score (nSPS) is 27.2. The van der Waals surface area contributed by atoms with Crippen LogP contribution in [0.25, 0.3) is 10.2 Å². The lowest BCUT2D eigenvalue weighted by atomic mass is 9.86. The van der Waals surface area contributed by atoms with Gasteiger partial charge in [-0.2, -0.15) is 0 Å². The van der Waals surface area contributed by atoms with Crippen molar-refractivity contribution < 1.29 is 5.11 Å². The molecule has 0 amide bonds. The number of pyridine rings is 1. The predicted molar refractivity (Wildman–Crippen MR) is 79.3 cm³/mol. The van der Waals surface area contributed by atoms with Crippen molar-refractivity contribution in [3.05, 3.63) is 29.3 Å². The lowest BCUT2D eigenvalue weighted by molar-refractivity contribution is 0.118. The third-order valence-corrected chi connectivity index (χ3v) is 5.21. The molecule has 102 valence electrons. The van der Waals surface area contributed by atoms with E-state index in [0.717, 1.165) is 24.9 Å². The monoisotopic (exact) mass is 276 g/mol. The topological polar surface area (TPSA) is 45.1 Å². The SMILES string of the molecule is CC1(CO)CCCC1NCc1cnc2ccsc2c1. The summed E-state index contributed by atoms with van der Waals surface area (Å²) < 4.78 is 1.25. The van der Waals surface area contributed by atoms with Gasteiger partial charge in [0, 0.05) is 30.8 Å². The van der Waals surface area contributed by atoms with Crippen LogP contribution in [0, 0.1) is 5.41 Å². The average molecular weight is 276 g/mol. The number of nitrogens with zero attached hydrogens (tertiary/aromatic N) is 1. The van der Waals surface area contributed by atoms with Crippen LogP contribution in [0.2, 0.25) is 0 Å². The molecule has 3 nitrogen and oxygen atoms in total. The lowest BCUT2D eigenvalue weighted by Gasteiger charge is -2.30. The molecule has 4 heteroatoms. The number of hydrogen-bond donors (Lipinski definition) is 2. The molecule has 1 saturated carbocycles. The fourth-order valence-corrected chi connectivity index (χ4v) is 3.80. The third-order valence-electron chi connectivity index (χ3n) is 4.36. The van der Waals surface area contributed by atoms with E-state index in [1.54, 1.807) is 11.3 Å². The van der Waals surface area contributed by atoms with Crippen molar-refractivity contribution in [2.24, 2.45) is 5.41 Å². The maximum Gasteiger partial charge on any atom is 0.0809 e. The fraction of sp³-hybridized carbons (Fsp3) is 0.533. The van der Waals surface area contributed by atoms with Gasteiger partial charge in [0.1, 0.15) is 0 Å². The number of thiophene rings is 1. The molecule has 2 N–H and O–H groups in total. The summed E-state index contributed by atoms with van der Waals surface area (Å²) in [6.45, 7) is 3.28. The summed E-state index contributed by atoms with van der Waals surface area (Å²) in [6.07, 6.45) is 5.43. The Kier molecular flexibility index (Phi) is 3.56. The number of aliphatic hydroxyl groups excluding tert-OH is 1. The molecule has 1 fully saturated rings. The molecule has 0 aromatic carbocycles. The molecule has 2 atom stereocenters. The zero-order valence-corrected chi connectivity index (χ0v) is 12.0. The maximum absolute atomic E-state index is 9.56. The minimum Gasteiger partial charge on any atom is -0.396 e. The highest BCUT2D eigenvalue weighted by Crippen LogP contribution is 2.37. The summed E-state index contributed by atoms with van der Waals surface area (Å²) in [5.41, 5.74) is 2.34. The molecule has 2 unspecified atom stereocenters. The molecule has 0 saturated heterocycles.